The molecule has 0 aliphatic carbocycles. The predicted molar refractivity (Wildman–Crippen MR) is 89.8 cm³/mol. The van der Waals surface area contributed by atoms with Gasteiger partial charge in [0.25, 0.3) is 5.91 Å². The molecule has 0 saturated carbocycles. The second-order valence-electron chi connectivity index (χ2n) is 5.35. The molecule has 1 aromatic heterocycles. The molecule has 1 aliphatic heterocycles. The fraction of sp³-hybridized carbons (Fsp3) is 0.400. The molecular weight excluding hydrogens is 352 g/mol. The van der Waals surface area contributed by atoms with Gasteiger partial charge >= 0.3 is 0 Å². The van der Waals surface area contributed by atoms with Gasteiger partial charge in [0, 0.05) is 40.7 Å². The van der Waals surface area contributed by atoms with E-state index in [2.05, 4.69) is 15.9 Å². The highest BCUT2D eigenvalue weighted by Gasteiger charge is 2.29. The number of rotatable bonds is 3. The lowest BCUT2D eigenvalue weighted by Gasteiger charge is -2.15. The first kappa shape index (κ1) is 14.8. The number of likely N-dealkylation sites (tertiary alicyclic amines) is 1. The number of ether oxygens (including phenoxy) is 1. The Labute approximate surface area is 136 Å². The summed E-state index contributed by atoms with van der Waals surface area (Å²) in [6.45, 7) is 2.24. The molecule has 0 bridgehead atoms. The van der Waals surface area contributed by atoms with Crippen molar-refractivity contribution < 1.29 is 9.53 Å². The van der Waals surface area contributed by atoms with Gasteiger partial charge in [-0.25, -0.2) is 0 Å². The van der Waals surface area contributed by atoms with Crippen molar-refractivity contribution in [2.45, 2.75) is 6.42 Å². The van der Waals surface area contributed by atoms with Crippen molar-refractivity contribution in [3.05, 3.63) is 27.5 Å². The van der Waals surface area contributed by atoms with Crippen molar-refractivity contribution in [3.8, 4) is 0 Å². The molecule has 1 unspecified atom stereocenters. The van der Waals surface area contributed by atoms with Crippen LogP contribution in [0.25, 0.3) is 10.1 Å². The predicted octanol–water partition coefficient (Wildman–Crippen LogP) is 3.35. The minimum atomic E-state index is 0.0448. The third-order valence-corrected chi connectivity index (χ3v) is 5.51. The SMILES string of the molecule is COCC1CCN(C(=O)c2sc3cc(Br)ccc3c2N)C1. The van der Waals surface area contributed by atoms with Crippen molar-refractivity contribution in [3.63, 3.8) is 0 Å². The van der Waals surface area contributed by atoms with Crippen LogP contribution in [0.2, 0.25) is 0 Å². The van der Waals surface area contributed by atoms with Gasteiger partial charge < -0.3 is 15.4 Å². The van der Waals surface area contributed by atoms with Gasteiger partial charge in [0.05, 0.1) is 12.3 Å². The average molecular weight is 369 g/mol. The summed E-state index contributed by atoms with van der Waals surface area (Å²) >= 11 is 4.92. The van der Waals surface area contributed by atoms with Crippen LogP contribution in [-0.2, 0) is 4.74 Å². The van der Waals surface area contributed by atoms with Crippen LogP contribution < -0.4 is 5.73 Å². The Morgan fingerprint density at radius 3 is 3.14 bits per heavy atom. The Kier molecular flexibility index (Phi) is 4.19. The quantitative estimate of drug-likeness (QED) is 0.903. The van der Waals surface area contributed by atoms with Gasteiger partial charge in [-0.3, -0.25) is 4.79 Å². The molecule has 3 rings (SSSR count). The number of thiophene rings is 1. The molecule has 2 heterocycles. The van der Waals surface area contributed by atoms with Crippen LogP contribution in [0.15, 0.2) is 22.7 Å². The van der Waals surface area contributed by atoms with Gasteiger partial charge in [0.2, 0.25) is 0 Å². The summed E-state index contributed by atoms with van der Waals surface area (Å²) in [5, 5.41) is 0.958. The summed E-state index contributed by atoms with van der Waals surface area (Å²) in [5.41, 5.74) is 6.77. The minimum Gasteiger partial charge on any atom is -0.397 e. The van der Waals surface area contributed by atoms with Crippen LogP contribution in [0.5, 0.6) is 0 Å². The fourth-order valence-corrected chi connectivity index (χ4v) is 4.42. The molecule has 1 saturated heterocycles. The van der Waals surface area contributed by atoms with Gasteiger partial charge in [-0.2, -0.15) is 0 Å². The number of methoxy groups -OCH3 is 1. The second kappa shape index (κ2) is 5.94. The van der Waals surface area contributed by atoms with Crippen LogP contribution >= 0.6 is 27.3 Å². The van der Waals surface area contributed by atoms with Crippen molar-refractivity contribution in [1.29, 1.82) is 0 Å². The maximum atomic E-state index is 12.7. The zero-order chi connectivity index (χ0) is 15.0. The van der Waals surface area contributed by atoms with E-state index in [0.717, 1.165) is 34.1 Å². The topological polar surface area (TPSA) is 55.6 Å². The highest BCUT2D eigenvalue weighted by Crippen LogP contribution is 2.36. The standard InChI is InChI=1S/C15H17BrN2O2S/c1-20-8-9-4-5-18(7-9)15(19)14-13(17)11-3-2-10(16)6-12(11)21-14/h2-3,6,9H,4-5,7-8,17H2,1H3. The van der Waals surface area contributed by atoms with Crippen molar-refractivity contribution in [2.24, 2.45) is 5.92 Å². The van der Waals surface area contributed by atoms with Crippen molar-refractivity contribution in [2.75, 3.05) is 32.5 Å². The lowest BCUT2D eigenvalue weighted by atomic mass is 10.1. The summed E-state index contributed by atoms with van der Waals surface area (Å²) in [6, 6.07) is 5.91. The van der Waals surface area contributed by atoms with Crippen LogP contribution in [0.4, 0.5) is 5.69 Å². The third-order valence-electron chi connectivity index (χ3n) is 3.86. The zero-order valence-corrected chi connectivity index (χ0v) is 14.2. The molecule has 1 amide bonds. The number of carbonyl (C=O) groups is 1. The molecule has 112 valence electrons. The number of nitrogens with zero attached hydrogens (tertiary/aromatic N) is 1. The molecule has 4 nitrogen and oxygen atoms in total. The van der Waals surface area contributed by atoms with E-state index in [4.69, 9.17) is 10.5 Å². The third kappa shape index (κ3) is 2.80. The van der Waals surface area contributed by atoms with Crippen molar-refractivity contribution in [1.82, 2.24) is 4.90 Å². The molecule has 2 N–H and O–H groups in total. The van der Waals surface area contributed by atoms with Crippen LogP contribution in [0, 0.1) is 5.92 Å². The number of halogens is 1. The summed E-state index contributed by atoms with van der Waals surface area (Å²) in [5.74, 6) is 0.479. The van der Waals surface area contributed by atoms with E-state index in [1.807, 2.05) is 23.1 Å². The van der Waals surface area contributed by atoms with Crippen LogP contribution in [0.3, 0.4) is 0 Å². The molecule has 0 spiro atoms. The fourth-order valence-electron chi connectivity index (χ4n) is 2.78. The number of hydrogen-bond donors (Lipinski definition) is 1. The van der Waals surface area contributed by atoms with E-state index in [1.54, 1.807) is 7.11 Å². The Morgan fingerprint density at radius 1 is 1.57 bits per heavy atom. The first-order valence-electron chi connectivity index (χ1n) is 6.86. The lowest BCUT2D eigenvalue weighted by molar-refractivity contribution is 0.0781. The van der Waals surface area contributed by atoms with E-state index in [9.17, 15) is 4.79 Å². The van der Waals surface area contributed by atoms with Gasteiger partial charge in [-0.1, -0.05) is 22.0 Å². The molecule has 1 fully saturated rings. The molecule has 2 aromatic rings. The number of anilines is 1. The maximum Gasteiger partial charge on any atom is 0.266 e. The van der Waals surface area contributed by atoms with Gasteiger partial charge in [0.1, 0.15) is 4.88 Å². The molecule has 6 heteroatoms. The summed E-state index contributed by atoms with van der Waals surface area (Å²) in [7, 11) is 1.70. The molecular formula is C15H17BrN2O2S. The number of fused-ring (bicyclic) bond motifs is 1. The van der Waals surface area contributed by atoms with E-state index < -0.39 is 0 Å². The first-order valence-corrected chi connectivity index (χ1v) is 8.47. The number of hydrogen-bond acceptors (Lipinski definition) is 4. The van der Waals surface area contributed by atoms with Gasteiger partial charge in [-0.15, -0.1) is 11.3 Å². The summed E-state index contributed by atoms with van der Waals surface area (Å²) in [4.78, 5) is 15.2. The molecule has 1 aliphatic rings. The van der Waals surface area contributed by atoms with Gasteiger partial charge in [0.15, 0.2) is 0 Å². The van der Waals surface area contributed by atoms with Gasteiger partial charge in [-0.05, 0) is 18.6 Å². The number of nitrogen functional groups attached to an aromatic ring is 1. The molecule has 1 atom stereocenters. The van der Waals surface area contributed by atoms with E-state index >= 15 is 0 Å². The number of carbonyl (C=O) groups excluding carboxylic acids is 1. The summed E-state index contributed by atoms with van der Waals surface area (Å²) < 4.78 is 7.22. The monoisotopic (exact) mass is 368 g/mol. The number of benzene rings is 1. The normalized spacial score (nSPS) is 18.6. The Hall–Kier alpha value is -1.11. The smallest absolute Gasteiger partial charge is 0.266 e. The second-order valence-corrected chi connectivity index (χ2v) is 7.31. The summed E-state index contributed by atoms with van der Waals surface area (Å²) in [6.07, 6.45) is 0.996. The van der Waals surface area contributed by atoms with E-state index in [-0.39, 0.29) is 5.91 Å². The average Bonchev–Trinajstić information content (AvgIpc) is 3.04. The van der Waals surface area contributed by atoms with Crippen LogP contribution in [0.1, 0.15) is 16.1 Å². The molecule has 0 radical (unpaired) electrons. The maximum absolute atomic E-state index is 12.7. The van der Waals surface area contributed by atoms with E-state index in [0.29, 0.717) is 23.1 Å². The zero-order valence-electron chi connectivity index (χ0n) is 11.8. The molecule has 21 heavy (non-hydrogen) atoms. The van der Waals surface area contributed by atoms with Crippen LogP contribution in [-0.4, -0.2) is 37.6 Å². The number of nitrogens with two attached hydrogens (primary N) is 1. The minimum absolute atomic E-state index is 0.0448. The highest BCUT2D eigenvalue weighted by molar-refractivity contribution is 9.10. The molecule has 1 aromatic carbocycles. The Balaban J connectivity index is 1.87. The number of amides is 1. The van der Waals surface area contributed by atoms with E-state index in [1.165, 1.54) is 11.3 Å². The Bertz CT molecular complexity index is 686. The van der Waals surface area contributed by atoms with Crippen molar-refractivity contribution >= 4 is 48.9 Å². The lowest BCUT2D eigenvalue weighted by Crippen LogP contribution is -2.29. The first-order chi connectivity index (χ1) is 10.1. The highest BCUT2D eigenvalue weighted by atomic mass is 79.9. The Morgan fingerprint density at radius 2 is 2.38 bits per heavy atom. The largest absolute Gasteiger partial charge is 0.397 e.